The molecular formula is C19H27F2N3O2. The van der Waals surface area contributed by atoms with E-state index in [0.717, 1.165) is 31.5 Å². The number of carbonyl (C=O) groups excluding carboxylic acids is 1. The number of ether oxygens (including phenoxy) is 1. The van der Waals surface area contributed by atoms with Gasteiger partial charge >= 0.3 is 6.03 Å². The van der Waals surface area contributed by atoms with Crippen LogP contribution >= 0.6 is 0 Å². The second kappa shape index (κ2) is 7.88. The summed E-state index contributed by atoms with van der Waals surface area (Å²) in [4.78, 5) is 16.3. The maximum atomic E-state index is 13.3. The molecule has 5 nitrogen and oxygen atoms in total. The molecular weight excluding hydrogens is 340 g/mol. The first-order chi connectivity index (χ1) is 12.3. The van der Waals surface area contributed by atoms with Crippen LogP contribution in [-0.2, 0) is 11.3 Å². The first-order valence-corrected chi connectivity index (χ1v) is 9.10. The van der Waals surface area contributed by atoms with Crippen molar-refractivity contribution in [2.75, 3.05) is 39.9 Å². The van der Waals surface area contributed by atoms with Gasteiger partial charge in [-0.1, -0.05) is 13.0 Å². The summed E-state index contributed by atoms with van der Waals surface area (Å²) in [6.07, 6.45) is 1.70. The van der Waals surface area contributed by atoms with Crippen LogP contribution in [0.2, 0.25) is 0 Å². The maximum Gasteiger partial charge on any atom is 0.317 e. The second-order valence-electron chi connectivity index (χ2n) is 7.91. The van der Waals surface area contributed by atoms with Crippen molar-refractivity contribution in [2.45, 2.75) is 32.4 Å². The molecule has 2 fully saturated rings. The normalized spacial score (nSPS) is 20.5. The van der Waals surface area contributed by atoms with Crippen molar-refractivity contribution in [1.29, 1.82) is 0 Å². The number of piperidine rings is 1. The average Bonchev–Trinajstić information content (AvgIpc) is 2.58. The Hall–Kier alpha value is -1.73. The highest BCUT2D eigenvalue weighted by Gasteiger charge is 2.35. The Labute approximate surface area is 153 Å². The van der Waals surface area contributed by atoms with Gasteiger partial charge in [0, 0.05) is 44.7 Å². The number of hydrogen-bond acceptors (Lipinski definition) is 3. The molecule has 0 unspecified atom stereocenters. The number of halogens is 2. The van der Waals surface area contributed by atoms with Crippen LogP contribution in [0.4, 0.5) is 13.6 Å². The van der Waals surface area contributed by atoms with Gasteiger partial charge in [-0.25, -0.2) is 13.6 Å². The van der Waals surface area contributed by atoms with Gasteiger partial charge in [0.2, 0.25) is 0 Å². The summed E-state index contributed by atoms with van der Waals surface area (Å²) in [5.74, 6) is -1.63. The highest BCUT2D eigenvalue weighted by atomic mass is 19.2. The van der Waals surface area contributed by atoms with Crippen LogP contribution in [0.5, 0.6) is 0 Å². The zero-order valence-electron chi connectivity index (χ0n) is 15.4. The van der Waals surface area contributed by atoms with E-state index in [1.807, 2.05) is 7.05 Å². The molecule has 0 radical (unpaired) electrons. The number of nitrogens with zero attached hydrogens (tertiary/aromatic N) is 2. The maximum absolute atomic E-state index is 13.3. The van der Waals surface area contributed by atoms with E-state index in [1.54, 1.807) is 11.0 Å². The number of benzene rings is 1. The number of urea groups is 1. The minimum Gasteiger partial charge on any atom is -0.380 e. The largest absolute Gasteiger partial charge is 0.380 e. The molecule has 2 aliphatic rings. The van der Waals surface area contributed by atoms with Crippen LogP contribution in [0.25, 0.3) is 0 Å². The summed E-state index contributed by atoms with van der Waals surface area (Å²) in [5.41, 5.74) is 0.835. The SMILES string of the molecule is CN(CC1(C)COC1)C(=O)NC1CCN(Cc2ccc(F)c(F)c2)CC1. The fraction of sp³-hybridized carbons (Fsp3) is 0.632. The summed E-state index contributed by atoms with van der Waals surface area (Å²) in [6.45, 7) is 6.44. The summed E-state index contributed by atoms with van der Waals surface area (Å²) < 4.78 is 31.5. The van der Waals surface area contributed by atoms with Crippen molar-refractivity contribution in [2.24, 2.45) is 5.41 Å². The summed E-state index contributed by atoms with van der Waals surface area (Å²) in [7, 11) is 1.82. The number of hydrogen-bond donors (Lipinski definition) is 1. The Kier molecular flexibility index (Phi) is 5.77. The lowest BCUT2D eigenvalue weighted by molar-refractivity contribution is -0.108. The lowest BCUT2D eigenvalue weighted by Gasteiger charge is -2.41. The van der Waals surface area contributed by atoms with E-state index < -0.39 is 11.6 Å². The van der Waals surface area contributed by atoms with Crippen molar-refractivity contribution >= 4 is 6.03 Å². The molecule has 2 aliphatic heterocycles. The lowest BCUT2D eigenvalue weighted by atomic mass is 9.88. The van der Waals surface area contributed by atoms with E-state index in [9.17, 15) is 13.6 Å². The van der Waals surface area contributed by atoms with Gasteiger partial charge in [-0.2, -0.15) is 0 Å². The second-order valence-corrected chi connectivity index (χ2v) is 7.91. The third-order valence-electron chi connectivity index (χ3n) is 5.17. The van der Waals surface area contributed by atoms with Gasteiger partial charge in [0.25, 0.3) is 0 Å². The third kappa shape index (κ3) is 4.71. The molecule has 0 aliphatic carbocycles. The Morgan fingerprint density at radius 3 is 2.58 bits per heavy atom. The predicted octanol–water partition coefficient (Wildman–Crippen LogP) is 2.61. The highest BCUT2D eigenvalue weighted by molar-refractivity contribution is 5.74. The Morgan fingerprint density at radius 1 is 1.31 bits per heavy atom. The van der Waals surface area contributed by atoms with Crippen LogP contribution < -0.4 is 5.32 Å². The molecule has 0 aromatic heterocycles. The molecule has 0 spiro atoms. The molecule has 0 saturated carbocycles. The Balaban J connectivity index is 1.41. The van der Waals surface area contributed by atoms with E-state index >= 15 is 0 Å². The molecule has 1 aromatic rings. The number of rotatable bonds is 5. The van der Waals surface area contributed by atoms with Gasteiger partial charge in [-0.15, -0.1) is 0 Å². The fourth-order valence-corrected chi connectivity index (χ4v) is 3.60. The molecule has 2 amide bonds. The molecule has 1 aromatic carbocycles. The average molecular weight is 367 g/mol. The van der Waals surface area contributed by atoms with Gasteiger partial charge in [0.1, 0.15) is 0 Å². The number of likely N-dealkylation sites (tertiary alicyclic amines) is 1. The summed E-state index contributed by atoms with van der Waals surface area (Å²) in [5, 5.41) is 3.10. The van der Waals surface area contributed by atoms with E-state index in [1.165, 1.54) is 12.1 Å². The molecule has 7 heteroatoms. The first kappa shape index (κ1) is 19.0. The fourth-order valence-electron chi connectivity index (χ4n) is 3.60. The smallest absolute Gasteiger partial charge is 0.317 e. The van der Waals surface area contributed by atoms with Crippen LogP contribution in [0, 0.1) is 17.0 Å². The zero-order valence-corrected chi connectivity index (χ0v) is 15.4. The predicted molar refractivity (Wildman–Crippen MR) is 94.7 cm³/mol. The third-order valence-corrected chi connectivity index (χ3v) is 5.17. The van der Waals surface area contributed by atoms with Gasteiger partial charge in [-0.3, -0.25) is 4.90 Å². The minimum absolute atomic E-state index is 0.0443. The quantitative estimate of drug-likeness (QED) is 0.870. The number of amides is 2. The molecule has 1 N–H and O–H groups in total. The van der Waals surface area contributed by atoms with Gasteiger partial charge in [-0.05, 0) is 30.5 Å². The van der Waals surface area contributed by atoms with Crippen molar-refractivity contribution in [3.63, 3.8) is 0 Å². The van der Waals surface area contributed by atoms with E-state index in [2.05, 4.69) is 17.1 Å². The van der Waals surface area contributed by atoms with Crippen molar-refractivity contribution in [1.82, 2.24) is 15.1 Å². The molecule has 0 atom stereocenters. The van der Waals surface area contributed by atoms with E-state index in [4.69, 9.17) is 4.74 Å². The van der Waals surface area contributed by atoms with Crippen molar-refractivity contribution < 1.29 is 18.3 Å². The standard InChI is InChI=1S/C19H27F2N3O2/c1-19(12-26-13-19)11-23(2)18(25)22-15-5-7-24(8-6-15)10-14-3-4-16(20)17(21)9-14/h3-4,9,15H,5-8,10-13H2,1-2H3,(H,22,25). The van der Waals surface area contributed by atoms with Crippen LogP contribution in [0.15, 0.2) is 18.2 Å². The van der Waals surface area contributed by atoms with Gasteiger partial charge < -0.3 is 15.0 Å². The zero-order chi connectivity index (χ0) is 18.7. The molecule has 3 rings (SSSR count). The monoisotopic (exact) mass is 367 g/mol. The number of carbonyl (C=O) groups is 1. The van der Waals surface area contributed by atoms with Crippen LogP contribution in [0.1, 0.15) is 25.3 Å². The van der Waals surface area contributed by atoms with E-state index in [0.29, 0.717) is 26.3 Å². The molecule has 2 saturated heterocycles. The molecule has 2 heterocycles. The van der Waals surface area contributed by atoms with Gasteiger partial charge in [0.15, 0.2) is 11.6 Å². The van der Waals surface area contributed by atoms with Gasteiger partial charge in [0.05, 0.1) is 13.2 Å². The highest BCUT2D eigenvalue weighted by Crippen LogP contribution is 2.27. The molecule has 26 heavy (non-hydrogen) atoms. The van der Waals surface area contributed by atoms with Crippen LogP contribution in [0.3, 0.4) is 0 Å². The first-order valence-electron chi connectivity index (χ1n) is 9.10. The molecule has 144 valence electrons. The Morgan fingerprint density at radius 2 is 2.00 bits per heavy atom. The molecule has 0 bridgehead atoms. The lowest BCUT2D eigenvalue weighted by Crippen LogP contribution is -2.53. The van der Waals surface area contributed by atoms with Crippen molar-refractivity contribution in [3.8, 4) is 0 Å². The van der Waals surface area contributed by atoms with Crippen molar-refractivity contribution in [3.05, 3.63) is 35.4 Å². The van der Waals surface area contributed by atoms with E-state index in [-0.39, 0.29) is 17.5 Å². The minimum atomic E-state index is -0.818. The summed E-state index contributed by atoms with van der Waals surface area (Å²) >= 11 is 0. The summed E-state index contributed by atoms with van der Waals surface area (Å²) in [6, 6.07) is 4.14. The number of nitrogens with one attached hydrogen (secondary N) is 1. The van der Waals surface area contributed by atoms with Crippen LogP contribution in [-0.4, -0.2) is 61.8 Å². The Bertz CT molecular complexity index is 644. The topological polar surface area (TPSA) is 44.8 Å².